The van der Waals surface area contributed by atoms with E-state index in [-0.39, 0.29) is 0 Å². The van der Waals surface area contributed by atoms with E-state index < -0.39 is 0 Å². The highest BCUT2D eigenvalue weighted by Crippen LogP contribution is 2.38. The first kappa shape index (κ1) is 35.2. The van der Waals surface area contributed by atoms with Crippen LogP contribution in [-0.4, -0.2) is 24.1 Å². The van der Waals surface area contributed by atoms with E-state index in [0.717, 1.165) is 104 Å². The van der Waals surface area contributed by atoms with E-state index in [9.17, 15) is 0 Å². The van der Waals surface area contributed by atoms with Crippen molar-refractivity contribution in [3.05, 3.63) is 212 Å². The molecule has 0 amide bonds. The molecular weight excluding hydrogens is 771 g/mol. The Hall–Kier alpha value is -8.61. The van der Waals surface area contributed by atoms with Gasteiger partial charge in [-0.2, -0.15) is 15.0 Å². The number of nitrogens with zero attached hydrogens (tertiary/aromatic N) is 5. The van der Waals surface area contributed by atoms with Gasteiger partial charge in [0.2, 0.25) is 11.9 Å². The number of hydrogen-bond acceptors (Lipinski definition) is 4. The van der Waals surface area contributed by atoms with Crippen molar-refractivity contribution in [1.29, 1.82) is 0 Å². The van der Waals surface area contributed by atoms with E-state index in [2.05, 4.69) is 209 Å². The lowest BCUT2D eigenvalue weighted by atomic mass is 9.98. The van der Waals surface area contributed by atoms with Gasteiger partial charge >= 0.3 is 0 Å². The molecule has 0 fully saturated rings. The summed E-state index contributed by atoms with van der Waals surface area (Å²) in [5.74, 6) is 1.69. The number of hydrogen-bond donors (Lipinski definition) is 0. The fourth-order valence-electron chi connectivity index (χ4n) is 9.45. The van der Waals surface area contributed by atoms with Crippen LogP contribution in [0.5, 0.6) is 0 Å². The van der Waals surface area contributed by atoms with Crippen molar-refractivity contribution in [3.63, 3.8) is 0 Å². The third-order valence-corrected chi connectivity index (χ3v) is 12.4. The zero-order valence-electron chi connectivity index (χ0n) is 33.9. The smallest absolute Gasteiger partial charge is 0.240 e. The van der Waals surface area contributed by atoms with Crippen LogP contribution >= 0.6 is 0 Å². The Labute approximate surface area is 361 Å². The van der Waals surface area contributed by atoms with Crippen LogP contribution in [0, 0.1) is 0 Å². The van der Waals surface area contributed by atoms with Gasteiger partial charge in [-0.15, -0.1) is 0 Å². The molecule has 0 N–H and O–H groups in total. The summed E-state index contributed by atoms with van der Waals surface area (Å²) < 4.78 is 10.7. The zero-order valence-corrected chi connectivity index (χ0v) is 33.9. The average molecular weight is 806 g/mol. The van der Waals surface area contributed by atoms with Crippen molar-refractivity contribution in [3.8, 4) is 56.7 Å². The highest BCUT2D eigenvalue weighted by Gasteiger charge is 2.21. The van der Waals surface area contributed by atoms with Crippen LogP contribution in [0.4, 0.5) is 0 Å². The van der Waals surface area contributed by atoms with Crippen LogP contribution in [0.2, 0.25) is 0 Å². The molecule has 0 aliphatic carbocycles. The van der Waals surface area contributed by atoms with E-state index in [1.807, 2.05) is 12.1 Å². The lowest BCUT2D eigenvalue weighted by Gasteiger charge is -2.13. The van der Waals surface area contributed by atoms with E-state index in [1.165, 1.54) is 0 Å². The highest BCUT2D eigenvalue weighted by molar-refractivity contribution is 6.11. The average Bonchev–Trinajstić information content (AvgIpc) is 4.02. The molecule has 6 nitrogen and oxygen atoms in total. The maximum absolute atomic E-state index is 6.36. The second-order valence-corrected chi connectivity index (χ2v) is 16.0. The first-order chi connectivity index (χ1) is 31.2. The lowest BCUT2D eigenvalue weighted by molar-refractivity contribution is 0.670. The number of furan rings is 1. The molecular formula is C57H35N5O. The predicted octanol–water partition coefficient (Wildman–Crippen LogP) is 14.6. The standard InChI is InChI=1S/C57H35N5O/c1-2-13-36(14-3-1)41-33-34-46-45-17-6-10-23-51(45)62(52(46)35-41)57-59-55(58-56(60-57)61-49-21-8-4-15-43(49)44-16-5-9-22-50(44)61)40-31-27-38(28-32-40)37-25-29-39(30-26-37)42-19-12-20-48-47-18-7-11-24-53(47)63-54(42)48/h1-35H. The topological polar surface area (TPSA) is 61.7 Å². The molecule has 0 saturated carbocycles. The number of benzene rings is 9. The van der Waals surface area contributed by atoms with Gasteiger partial charge in [0.15, 0.2) is 5.82 Å². The lowest BCUT2D eigenvalue weighted by Crippen LogP contribution is -2.10. The quantitative estimate of drug-likeness (QED) is 0.168. The predicted molar refractivity (Wildman–Crippen MR) is 258 cm³/mol. The number of para-hydroxylation sites is 5. The summed E-state index contributed by atoms with van der Waals surface area (Å²) in [6.07, 6.45) is 0. The van der Waals surface area contributed by atoms with Gasteiger partial charge in [-0.3, -0.25) is 9.13 Å². The number of rotatable bonds is 6. The van der Waals surface area contributed by atoms with Gasteiger partial charge in [-0.05, 0) is 58.1 Å². The minimum atomic E-state index is 0.549. The van der Waals surface area contributed by atoms with Crippen molar-refractivity contribution in [2.75, 3.05) is 0 Å². The summed E-state index contributed by atoms with van der Waals surface area (Å²) in [7, 11) is 0. The molecule has 13 rings (SSSR count). The van der Waals surface area contributed by atoms with Crippen LogP contribution in [0.3, 0.4) is 0 Å². The van der Waals surface area contributed by atoms with Crippen LogP contribution < -0.4 is 0 Å². The Morgan fingerprint density at radius 1 is 0.302 bits per heavy atom. The van der Waals surface area contributed by atoms with Gasteiger partial charge in [-0.25, -0.2) is 0 Å². The molecule has 13 aromatic rings. The second kappa shape index (κ2) is 14.0. The van der Waals surface area contributed by atoms with Crippen LogP contribution in [0.15, 0.2) is 217 Å². The SMILES string of the molecule is c1ccc(-c2ccc3c4ccccc4n(-c4nc(-c5ccc(-c6ccc(-c7cccc8c7oc7ccccc78)cc6)cc5)nc(-n5c6ccccc6c6ccccc65)n4)c3c2)cc1. The molecule has 6 heteroatoms. The molecule has 0 aliphatic rings. The summed E-state index contributed by atoms with van der Waals surface area (Å²) in [5.41, 5.74) is 13.5. The van der Waals surface area contributed by atoms with Gasteiger partial charge in [0, 0.05) is 43.4 Å². The molecule has 4 heterocycles. The minimum Gasteiger partial charge on any atom is -0.455 e. The molecule has 9 aromatic carbocycles. The molecule has 0 bridgehead atoms. The fourth-order valence-corrected chi connectivity index (χ4v) is 9.45. The number of aromatic nitrogens is 5. The molecule has 63 heavy (non-hydrogen) atoms. The van der Waals surface area contributed by atoms with Crippen LogP contribution in [0.25, 0.3) is 122 Å². The van der Waals surface area contributed by atoms with Crippen molar-refractivity contribution >= 4 is 65.6 Å². The van der Waals surface area contributed by atoms with Crippen molar-refractivity contribution in [1.82, 2.24) is 24.1 Å². The van der Waals surface area contributed by atoms with E-state index in [1.54, 1.807) is 0 Å². The molecule has 0 radical (unpaired) electrons. The van der Waals surface area contributed by atoms with Gasteiger partial charge < -0.3 is 4.42 Å². The van der Waals surface area contributed by atoms with Gasteiger partial charge in [-0.1, -0.05) is 182 Å². The Morgan fingerprint density at radius 3 is 1.40 bits per heavy atom. The highest BCUT2D eigenvalue weighted by atomic mass is 16.3. The summed E-state index contributed by atoms with van der Waals surface area (Å²) >= 11 is 0. The Balaban J connectivity index is 0.962. The third kappa shape index (κ3) is 5.62. The molecule has 0 atom stereocenters. The fraction of sp³-hybridized carbons (Fsp3) is 0. The minimum absolute atomic E-state index is 0.549. The largest absolute Gasteiger partial charge is 0.455 e. The van der Waals surface area contributed by atoms with Crippen molar-refractivity contribution in [2.45, 2.75) is 0 Å². The van der Waals surface area contributed by atoms with Gasteiger partial charge in [0.05, 0.1) is 22.1 Å². The van der Waals surface area contributed by atoms with Crippen molar-refractivity contribution < 1.29 is 4.42 Å². The van der Waals surface area contributed by atoms with Gasteiger partial charge in [0.1, 0.15) is 11.2 Å². The van der Waals surface area contributed by atoms with Crippen LogP contribution in [-0.2, 0) is 0 Å². The first-order valence-corrected chi connectivity index (χ1v) is 21.2. The Kier molecular flexibility index (Phi) is 7.80. The monoisotopic (exact) mass is 805 g/mol. The molecule has 294 valence electrons. The van der Waals surface area contributed by atoms with Crippen molar-refractivity contribution in [2.24, 2.45) is 0 Å². The van der Waals surface area contributed by atoms with E-state index in [4.69, 9.17) is 19.4 Å². The summed E-state index contributed by atoms with van der Waals surface area (Å²) in [6, 6.07) is 74.5. The van der Waals surface area contributed by atoms with Gasteiger partial charge in [0.25, 0.3) is 0 Å². The maximum Gasteiger partial charge on any atom is 0.240 e. The Morgan fingerprint density at radius 2 is 0.762 bits per heavy atom. The summed E-state index contributed by atoms with van der Waals surface area (Å²) in [4.78, 5) is 16.0. The third-order valence-electron chi connectivity index (χ3n) is 12.4. The molecule has 0 spiro atoms. The maximum atomic E-state index is 6.36. The molecule has 0 aliphatic heterocycles. The van der Waals surface area contributed by atoms with Crippen LogP contribution in [0.1, 0.15) is 0 Å². The first-order valence-electron chi connectivity index (χ1n) is 21.2. The second-order valence-electron chi connectivity index (χ2n) is 16.0. The zero-order chi connectivity index (χ0) is 41.4. The summed E-state index contributed by atoms with van der Waals surface area (Å²) in [5, 5.41) is 6.81. The molecule has 0 unspecified atom stereocenters. The normalized spacial score (nSPS) is 11.8. The Bertz CT molecular complexity index is 3840. The number of fused-ring (bicyclic) bond motifs is 9. The van der Waals surface area contributed by atoms with E-state index in [0.29, 0.717) is 17.7 Å². The van der Waals surface area contributed by atoms with E-state index >= 15 is 0 Å². The molecule has 0 saturated heterocycles. The molecule has 4 aromatic heterocycles. The summed E-state index contributed by atoms with van der Waals surface area (Å²) in [6.45, 7) is 0.